The maximum absolute atomic E-state index is 12.5. The second kappa shape index (κ2) is 7.56. The second-order valence-electron chi connectivity index (χ2n) is 8.24. The molecule has 5 aromatic heterocycles. The number of aromatic nitrogens is 6. The summed E-state index contributed by atoms with van der Waals surface area (Å²) in [6, 6.07) is 9.79. The minimum atomic E-state index is 0.0782. The van der Waals surface area contributed by atoms with Crippen molar-refractivity contribution < 1.29 is 4.79 Å². The van der Waals surface area contributed by atoms with Crippen molar-refractivity contribution >= 4 is 33.5 Å². The standard InChI is InChI=1S/C24H21N7O/c32-24(14-4-1-2-5-14)28-16-8-15(11-25-12-16)19-9-17-22(13-27-19)30-31-23(17)21-10-20-18(29-21)6-3-7-26-20/h3,6-14,29H,1-2,4-5H2,(H,28,32)(H,30,31). The Labute approximate surface area is 183 Å². The van der Waals surface area contributed by atoms with Crippen LogP contribution >= 0.6 is 0 Å². The molecule has 0 saturated heterocycles. The number of nitrogens with zero attached hydrogens (tertiary/aromatic N) is 4. The van der Waals surface area contributed by atoms with Crippen LogP contribution in [0.3, 0.4) is 0 Å². The number of H-pyrrole nitrogens is 2. The molecule has 8 heteroatoms. The molecule has 5 aromatic rings. The Morgan fingerprint density at radius 3 is 2.81 bits per heavy atom. The Bertz CT molecular complexity index is 1410. The highest BCUT2D eigenvalue weighted by Gasteiger charge is 2.22. The average molecular weight is 423 g/mol. The number of anilines is 1. The van der Waals surface area contributed by atoms with Gasteiger partial charge in [-0.15, -0.1) is 0 Å². The van der Waals surface area contributed by atoms with Crippen LogP contribution in [0.15, 0.2) is 55.1 Å². The molecule has 6 rings (SSSR count). The van der Waals surface area contributed by atoms with Crippen LogP contribution in [0.4, 0.5) is 5.69 Å². The Hall–Kier alpha value is -4.07. The van der Waals surface area contributed by atoms with Gasteiger partial charge < -0.3 is 10.3 Å². The first-order chi connectivity index (χ1) is 15.7. The highest BCUT2D eigenvalue weighted by Crippen LogP contribution is 2.31. The van der Waals surface area contributed by atoms with Gasteiger partial charge in [-0.1, -0.05) is 12.8 Å². The Kier molecular flexibility index (Phi) is 4.41. The molecule has 0 radical (unpaired) electrons. The van der Waals surface area contributed by atoms with Crippen LogP contribution in [-0.2, 0) is 4.79 Å². The lowest BCUT2D eigenvalue weighted by atomic mass is 10.1. The van der Waals surface area contributed by atoms with Gasteiger partial charge in [0.1, 0.15) is 5.69 Å². The van der Waals surface area contributed by atoms with Gasteiger partial charge in [-0.3, -0.25) is 24.8 Å². The van der Waals surface area contributed by atoms with Gasteiger partial charge in [-0.2, -0.15) is 5.10 Å². The minimum absolute atomic E-state index is 0.0782. The fourth-order valence-electron chi connectivity index (χ4n) is 4.44. The summed E-state index contributed by atoms with van der Waals surface area (Å²) in [7, 11) is 0. The first-order valence-corrected chi connectivity index (χ1v) is 10.8. The third-order valence-electron chi connectivity index (χ3n) is 6.12. The topological polar surface area (TPSA) is 112 Å². The summed E-state index contributed by atoms with van der Waals surface area (Å²) in [5.41, 5.74) is 6.67. The molecule has 32 heavy (non-hydrogen) atoms. The van der Waals surface area contributed by atoms with E-state index in [1.54, 1.807) is 24.8 Å². The molecule has 3 N–H and O–H groups in total. The van der Waals surface area contributed by atoms with Crippen LogP contribution in [0.2, 0.25) is 0 Å². The molecule has 5 heterocycles. The van der Waals surface area contributed by atoms with Gasteiger partial charge in [0.2, 0.25) is 5.91 Å². The number of hydrogen-bond acceptors (Lipinski definition) is 5. The van der Waals surface area contributed by atoms with Crippen molar-refractivity contribution in [1.82, 2.24) is 30.1 Å². The van der Waals surface area contributed by atoms with Gasteiger partial charge in [0, 0.05) is 29.3 Å². The summed E-state index contributed by atoms with van der Waals surface area (Å²) < 4.78 is 0. The fraction of sp³-hybridized carbons (Fsp3) is 0.208. The monoisotopic (exact) mass is 423 g/mol. The summed E-state index contributed by atoms with van der Waals surface area (Å²) in [5, 5.41) is 11.5. The number of nitrogens with one attached hydrogen (secondary N) is 3. The molecule has 1 aliphatic carbocycles. The molecule has 1 aliphatic rings. The SMILES string of the molecule is O=C(Nc1cncc(-c2cc3c(-c4cc5ncccc5[nH]4)n[nH]c3cn2)c1)C1CCCC1. The first-order valence-electron chi connectivity index (χ1n) is 10.8. The number of carbonyl (C=O) groups excluding carboxylic acids is 1. The number of fused-ring (bicyclic) bond motifs is 2. The second-order valence-corrected chi connectivity index (χ2v) is 8.24. The van der Waals surface area contributed by atoms with Crippen molar-refractivity contribution in [3.63, 3.8) is 0 Å². The van der Waals surface area contributed by atoms with E-state index in [1.165, 1.54) is 0 Å². The van der Waals surface area contributed by atoms with E-state index < -0.39 is 0 Å². The number of amides is 1. The molecule has 1 fully saturated rings. The zero-order valence-electron chi connectivity index (χ0n) is 17.3. The lowest BCUT2D eigenvalue weighted by Gasteiger charge is -2.11. The molecule has 0 aliphatic heterocycles. The quantitative estimate of drug-likeness (QED) is 0.388. The van der Waals surface area contributed by atoms with E-state index in [1.807, 2.05) is 30.3 Å². The summed E-state index contributed by atoms with van der Waals surface area (Å²) in [5.74, 6) is 0.182. The average Bonchev–Trinajstić information content (AvgIpc) is 3.58. The summed E-state index contributed by atoms with van der Waals surface area (Å²) in [6.45, 7) is 0. The van der Waals surface area contributed by atoms with E-state index >= 15 is 0 Å². The molecule has 0 aromatic carbocycles. The van der Waals surface area contributed by atoms with Crippen molar-refractivity contribution in [2.24, 2.45) is 5.92 Å². The number of pyridine rings is 3. The van der Waals surface area contributed by atoms with Gasteiger partial charge in [0.15, 0.2) is 0 Å². The summed E-state index contributed by atoms with van der Waals surface area (Å²) >= 11 is 0. The lowest BCUT2D eigenvalue weighted by Crippen LogP contribution is -2.20. The van der Waals surface area contributed by atoms with E-state index in [4.69, 9.17) is 0 Å². The van der Waals surface area contributed by atoms with E-state index in [9.17, 15) is 4.79 Å². The van der Waals surface area contributed by atoms with Crippen LogP contribution < -0.4 is 5.32 Å². The minimum Gasteiger partial charge on any atom is -0.352 e. The van der Waals surface area contributed by atoms with Crippen LogP contribution in [0, 0.1) is 5.92 Å². The molecule has 1 saturated carbocycles. The molecule has 1 amide bonds. The molecular weight excluding hydrogens is 402 g/mol. The van der Waals surface area contributed by atoms with Crippen molar-refractivity contribution in [2.45, 2.75) is 25.7 Å². The molecule has 0 unspecified atom stereocenters. The fourth-order valence-corrected chi connectivity index (χ4v) is 4.44. The third kappa shape index (κ3) is 3.30. The summed E-state index contributed by atoms with van der Waals surface area (Å²) in [4.78, 5) is 29.2. The number of rotatable bonds is 4. The zero-order valence-corrected chi connectivity index (χ0v) is 17.3. The maximum atomic E-state index is 12.5. The van der Waals surface area contributed by atoms with Crippen molar-refractivity contribution in [3.8, 4) is 22.6 Å². The van der Waals surface area contributed by atoms with E-state index in [0.717, 1.165) is 70.3 Å². The largest absolute Gasteiger partial charge is 0.352 e. The lowest BCUT2D eigenvalue weighted by molar-refractivity contribution is -0.119. The van der Waals surface area contributed by atoms with Crippen molar-refractivity contribution in [3.05, 3.63) is 55.1 Å². The molecule has 0 spiro atoms. The van der Waals surface area contributed by atoms with Crippen LogP contribution in [0.25, 0.3) is 44.6 Å². The van der Waals surface area contributed by atoms with Crippen molar-refractivity contribution in [2.75, 3.05) is 5.32 Å². The van der Waals surface area contributed by atoms with Gasteiger partial charge >= 0.3 is 0 Å². The molecule has 0 bridgehead atoms. The molecule has 158 valence electrons. The zero-order chi connectivity index (χ0) is 21.5. The summed E-state index contributed by atoms with van der Waals surface area (Å²) in [6.07, 6.45) is 11.1. The number of aromatic amines is 2. The van der Waals surface area contributed by atoms with Crippen LogP contribution in [0.5, 0.6) is 0 Å². The number of carbonyl (C=O) groups is 1. The first kappa shape index (κ1) is 18.7. The van der Waals surface area contributed by atoms with Crippen LogP contribution in [-0.4, -0.2) is 36.0 Å². The predicted molar refractivity (Wildman–Crippen MR) is 123 cm³/mol. The Morgan fingerprint density at radius 1 is 1.03 bits per heavy atom. The van der Waals surface area contributed by atoms with Crippen LogP contribution in [0.1, 0.15) is 25.7 Å². The highest BCUT2D eigenvalue weighted by atomic mass is 16.1. The molecule has 8 nitrogen and oxygen atoms in total. The predicted octanol–water partition coefficient (Wildman–Crippen LogP) is 4.69. The van der Waals surface area contributed by atoms with E-state index in [-0.39, 0.29) is 11.8 Å². The molecular formula is C24H21N7O. The smallest absolute Gasteiger partial charge is 0.227 e. The maximum Gasteiger partial charge on any atom is 0.227 e. The van der Waals surface area contributed by atoms with Crippen molar-refractivity contribution in [1.29, 1.82) is 0 Å². The Balaban J connectivity index is 1.35. The van der Waals surface area contributed by atoms with Gasteiger partial charge in [0.05, 0.1) is 46.0 Å². The highest BCUT2D eigenvalue weighted by molar-refractivity contribution is 5.96. The van der Waals surface area contributed by atoms with Gasteiger partial charge in [0.25, 0.3) is 0 Å². The van der Waals surface area contributed by atoms with E-state index in [2.05, 4.69) is 35.5 Å². The van der Waals surface area contributed by atoms with Gasteiger partial charge in [-0.05, 0) is 43.2 Å². The molecule has 0 atom stereocenters. The third-order valence-corrected chi connectivity index (χ3v) is 6.12. The van der Waals surface area contributed by atoms with E-state index in [0.29, 0.717) is 5.69 Å². The Morgan fingerprint density at radius 2 is 1.94 bits per heavy atom. The normalized spacial score (nSPS) is 14.4. The van der Waals surface area contributed by atoms with Gasteiger partial charge in [-0.25, -0.2) is 0 Å². The number of hydrogen-bond donors (Lipinski definition) is 3.